The van der Waals surface area contributed by atoms with Crippen molar-refractivity contribution in [1.82, 2.24) is 10.2 Å². The third-order valence-electron chi connectivity index (χ3n) is 8.60. The van der Waals surface area contributed by atoms with E-state index >= 15 is 0 Å². The molecule has 1 fully saturated rings. The summed E-state index contributed by atoms with van der Waals surface area (Å²) in [5.74, 6) is -1.95. The molecule has 2 N–H and O–H groups in total. The van der Waals surface area contributed by atoms with Gasteiger partial charge in [0.15, 0.2) is 0 Å². The number of nitrogens with one attached hydrogen (secondary N) is 1. The molecule has 0 radical (unpaired) electrons. The molecule has 0 saturated carbocycles. The maximum Gasteiger partial charge on any atom is 0.494 e. The number of hydrogen-bond acceptors (Lipinski definition) is 6. The van der Waals surface area contributed by atoms with E-state index in [1.165, 1.54) is 11.8 Å². The van der Waals surface area contributed by atoms with Crippen LogP contribution in [0.1, 0.15) is 91.0 Å². The van der Waals surface area contributed by atoms with E-state index in [2.05, 4.69) is 5.32 Å². The highest BCUT2D eigenvalue weighted by Crippen LogP contribution is 2.38. The highest BCUT2D eigenvalue weighted by molar-refractivity contribution is 6.62. The summed E-state index contributed by atoms with van der Waals surface area (Å²) in [4.78, 5) is 27.4. The first-order valence-electron chi connectivity index (χ1n) is 15.2. The lowest BCUT2D eigenvalue weighted by Gasteiger charge is -2.39. The van der Waals surface area contributed by atoms with Gasteiger partial charge >= 0.3 is 13.2 Å². The van der Waals surface area contributed by atoms with Crippen molar-refractivity contribution in [1.29, 1.82) is 0 Å². The van der Waals surface area contributed by atoms with E-state index < -0.39 is 65.7 Å². The largest absolute Gasteiger partial charge is 0.494 e. The second-order valence-electron chi connectivity index (χ2n) is 13.9. The quantitative estimate of drug-likeness (QED) is 0.407. The van der Waals surface area contributed by atoms with Crippen molar-refractivity contribution in [3.63, 3.8) is 0 Å². The van der Waals surface area contributed by atoms with Crippen molar-refractivity contribution >= 4 is 24.6 Å². The molecule has 240 valence electrons. The summed E-state index contributed by atoms with van der Waals surface area (Å²) in [5, 5.41) is 14.2. The number of nitrogens with zero attached hydrogens (tertiary/aromatic N) is 1. The van der Waals surface area contributed by atoms with Crippen molar-refractivity contribution in [2.24, 2.45) is 0 Å². The number of hydrogen-bond donors (Lipinski definition) is 2. The predicted molar refractivity (Wildman–Crippen MR) is 164 cm³/mol. The fourth-order valence-corrected chi connectivity index (χ4v) is 5.75. The Morgan fingerprint density at radius 1 is 1.09 bits per heavy atom. The molecule has 1 heterocycles. The van der Waals surface area contributed by atoms with Crippen molar-refractivity contribution in [3.8, 4) is 0 Å². The minimum atomic E-state index is -1.28. The standard InChI is InChI=1S/C33H45BF2N2O6/c1-20(39)37-27(16-21-14-24(35)18-25(36)15-21)29(40)19-38(30(41)42-31(2,3)4)28-11-9-10-22-12-13-23(17-26(22)28)34-43-32(5,6)33(7,8)44-34/h12-15,17-18,27-29,40H,9-11,16,19H2,1-8H3,(H,37,39)/t27-,28-,29+/m0/s1. The van der Waals surface area contributed by atoms with Gasteiger partial charge in [-0.3, -0.25) is 9.69 Å². The van der Waals surface area contributed by atoms with Crippen molar-refractivity contribution in [2.75, 3.05) is 6.54 Å². The summed E-state index contributed by atoms with van der Waals surface area (Å²) in [6.45, 7) is 14.4. The Hall–Kier alpha value is -3.02. The molecule has 11 heteroatoms. The molecule has 3 atom stereocenters. The van der Waals surface area contributed by atoms with Gasteiger partial charge in [-0.2, -0.15) is 0 Å². The van der Waals surface area contributed by atoms with Crippen LogP contribution in [0.4, 0.5) is 13.6 Å². The van der Waals surface area contributed by atoms with Crippen molar-refractivity contribution in [3.05, 3.63) is 64.7 Å². The van der Waals surface area contributed by atoms with Gasteiger partial charge in [-0.1, -0.05) is 18.2 Å². The molecule has 0 spiro atoms. The Morgan fingerprint density at radius 3 is 2.27 bits per heavy atom. The fraction of sp³-hybridized carbons (Fsp3) is 0.576. The highest BCUT2D eigenvalue weighted by Gasteiger charge is 2.52. The van der Waals surface area contributed by atoms with Gasteiger partial charge in [0.1, 0.15) is 17.2 Å². The maximum absolute atomic E-state index is 14.0. The number of aryl methyl sites for hydroxylation is 1. The van der Waals surface area contributed by atoms with E-state index in [1.54, 1.807) is 20.8 Å². The SMILES string of the molecule is CC(=O)N[C@@H](Cc1cc(F)cc(F)c1)[C@H](O)CN(C(=O)OC(C)(C)C)[C@H]1CCCc2ccc(B3OC(C)(C)C(C)(C)O3)cc21. The first-order valence-corrected chi connectivity index (χ1v) is 15.2. The molecular weight excluding hydrogens is 569 g/mol. The van der Waals surface area contributed by atoms with Crippen molar-refractivity contribution < 1.29 is 37.5 Å². The van der Waals surface area contributed by atoms with Crippen LogP contribution in [-0.4, -0.2) is 64.6 Å². The number of rotatable bonds is 8. The topological polar surface area (TPSA) is 97.3 Å². The Balaban J connectivity index is 1.68. The average molecular weight is 615 g/mol. The number of aliphatic hydroxyl groups is 1. The van der Waals surface area contributed by atoms with Crippen LogP contribution in [0.15, 0.2) is 36.4 Å². The zero-order valence-corrected chi connectivity index (χ0v) is 27.0. The van der Waals surface area contributed by atoms with Gasteiger partial charge in [0.25, 0.3) is 0 Å². The van der Waals surface area contributed by atoms with Crippen LogP contribution in [0.3, 0.4) is 0 Å². The molecule has 44 heavy (non-hydrogen) atoms. The van der Waals surface area contributed by atoms with E-state index in [0.717, 1.165) is 47.6 Å². The minimum Gasteiger partial charge on any atom is -0.444 e. The van der Waals surface area contributed by atoms with Crippen LogP contribution in [0.5, 0.6) is 0 Å². The molecule has 4 rings (SSSR count). The Bertz CT molecular complexity index is 1340. The monoisotopic (exact) mass is 614 g/mol. The summed E-state index contributed by atoms with van der Waals surface area (Å²) in [6, 6.07) is 7.72. The van der Waals surface area contributed by atoms with Crippen LogP contribution < -0.4 is 10.8 Å². The molecule has 2 amide bonds. The normalized spacial score (nSPS) is 20.4. The molecule has 1 aliphatic heterocycles. The molecule has 0 unspecified atom stereocenters. The molecule has 0 aromatic heterocycles. The summed E-state index contributed by atoms with van der Waals surface area (Å²) in [6.07, 6.45) is 0.292. The lowest BCUT2D eigenvalue weighted by molar-refractivity contribution is -0.120. The number of ether oxygens (including phenoxy) is 1. The van der Waals surface area contributed by atoms with Crippen LogP contribution in [0.25, 0.3) is 0 Å². The van der Waals surface area contributed by atoms with Crippen molar-refractivity contribution in [2.45, 2.75) is 116 Å². The van der Waals surface area contributed by atoms with Gasteiger partial charge in [0.2, 0.25) is 5.91 Å². The summed E-state index contributed by atoms with van der Waals surface area (Å²) < 4.78 is 46.3. The molecular formula is C33H45BF2N2O6. The third-order valence-corrected chi connectivity index (χ3v) is 8.60. The Morgan fingerprint density at radius 2 is 1.70 bits per heavy atom. The number of aliphatic hydroxyl groups excluding tert-OH is 1. The second-order valence-corrected chi connectivity index (χ2v) is 13.9. The van der Waals surface area contributed by atoms with Crippen LogP contribution in [0, 0.1) is 11.6 Å². The van der Waals surface area contributed by atoms with E-state index in [9.17, 15) is 23.5 Å². The van der Waals surface area contributed by atoms with Gasteiger partial charge in [0.05, 0.1) is 35.9 Å². The van der Waals surface area contributed by atoms with Gasteiger partial charge in [-0.15, -0.1) is 0 Å². The average Bonchev–Trinajstić information content (AvgIpc) is 3.10. The number of carbonyl (C=O) groups is 2. The lowest BCUT2D eigenvalue weighted by atomic mass is 9.75. The molecule has 8 nitrogen and oxygen atoms in total. The molecule has 2 aliphatic rings. The number of amides is 2. The first-order chi connectivity index (χ1) is 20.3. The van der Waals surface area contributed by atoms with E-state index in [1.807, 2.05) is 45.9 Å². The zero-order valence-electron chi connectivity index (χ0n) is 27.0. The second kappa shape index (κ2) is 12.8. The maximum atomic E-state index is 14.0. The summed E-state index contributed by atoms with van der Waals surface area (Å²) in [7, 11) is -0.593. The summed E-state index contributed by atoms with van der Waals surface area (Å²) >= 11 is 0. The van der Waals surface area contributed by atoms with Gasteiger partial charge in [-0.25, -0.2) is 13.6 Å². The molecule has 1 saturated heterocycles. The molecule has 0 bridgehead atoms. The van der Waals surface area contributed by atoms with Gasteiger partial charge in [0, 0.05) is 13.0 Å². The van der Waals surface area contributed by atoms with Crippen LogP contribution >= 0.6 is 0 Å². The molecule has 2 aromatic rings. The first kappa shape index (κ1) is 33.9. The van der Waals surface area contributed by atoms with Crippen LogP contribution in [0.2, 0.25) is 0 Å². The van der Waals surface area contributed by atoms with Gasteiger partial charge < -0.3 is 24.5 Å². The Kier molecular flexibility index (Phi) is 9.83. The fourth-order valence-electron chi connectivity index (χ4n) is 5.75. The zero-order chi connectivity index (χ0) is 32.6. The van der Waals surface area contributed by atoms with Gasteiger partial charge in [-0.05, 0) is 108 Å². The molecule has 1 aliphatic carbocycles. The third kappa shape index (κ3) is 7.97. The van der Waals surface area contributed by atoms with Crippen LogP contribution in [-0.2, 0) is 31.7 Å². The van der Waals surface area contributed by atoms with E-state index in [0.29, 0.717) is 6.42 Å². The van der Waals surface area contributed by atoms with E-state index in [4.69, 9.17) is 14.0 Å². The highest BCUT2D eigenvalue weighted by atomic mass is 19.1. The number of carbonyl (C=O) groups excluding carboxylic acids is 2. The smallest absolute Gasteiger partial charge is 0.444 e. The number of benzene rings is 2. The Labute approximate surface area is 259 Å². The minimum absolute atomic E-state index is 0.0507. The molecule has 2 aromatic carbocycles. The number of halogens is 2. The summed E-state index contributed by atoms with van der Waals surface area (Å²) in [5.41, 5.74) is 1.20. The predicted octanol–water partition coefficient (Wildman–Crippen LogP) is 4.99. The van der Waals surface area contributed by atoms with E-state index in [-0.39, 0.29) is 18.5 Å². The number of fused-ring (bicyclic) bond motifs is 1. The lowest BCUT2D eigenvalue weighted by Crippen LogP contribution is -2.52.